The minimum absolute atomic E-state index is 0.125. The van der Waals surface area contributed by atoms with Crippen LogP contribution in [0.5, 0.6) is 5.75 Å². The molecule has 0 radical (unpaired) electrons. The Morgan fingerprint density at radius 1 is 1.00 bits per heavy atom. The highest BCUT2D eigenvalue weighted by Gasteiger charge is 2.17. The number of benzene rings is 3. The van der Waals surface area contributed by atoms with E-state index in [1.807, 2.05) is 55.5 Å². The molecule has 0 saturated carbocycles. The van der Waals surface area contributed by atoms with Crippen LogP contribution in [0.4, 0.5) is 0 Å². The summed E-state index contributed by atoms with van der Waals surface area (Å²) in [6, 6.07) is 22.0. The highest BCUT2D eigenvalue weighted by Crippen LogP contribution is 2.29. The second kappa shape index (κ2) is 8.28. The van der Waals surface area contributed by atoms with E-state index in [0.717, 1.165) is 21.9 Å². The lowest BCUT2D eigenvalue weighted by Gasteiger charge is -2.14. The molecule has 140 valence electrons. The fourth-order valence-electron chi connectivity index (χ4n) is 3.40. The number of carbonyl (C=O) groups excluding carboxylic acids is 1. The molecule has 1 aromatic heterocycles. The molecule has 3 aromatic carbocycles. The minimum Gasteiger partial charge on any atom is -0.493 e. The molecule has 4 aromatic rings. The molecule has 0 aliphatic rings. The number of fused-ring (bicyclic) bond motifs is 1. The standard InChI is InChI=1S/C24H21NO2S/c1-2-27-22-12-11-17-7-3-6-10-21(17)23(22)24(26)25-15-18-8-4-5-9-20(18)19-13-14-28-16-19/h3-14,16H,2,15H2,1H3,(H,25,26). The first-order valence-electron chi connectivity index (χ1n) is 9.31. The van der Waals surface area contributed by atoms with Crippen molar-refractivity contribution >= 4 is 28.0 Å². The largest absolute Gasteiger partial charge is 0.493 e. The normalized spacial score (nSPS) is 10.8. The second-order valence-corrected chi connectivity index (χ2v) is 7.22. The smallest absolute Gasteiger partial charge is 0.255 e. The molecule has 0 unspecified atom stereocenters. The number of ether oxygens (including phenoxy) is 1. The summed E-state index contributed by atoms with van der Waals surface area (Å²) in [4.78, 5) is 13.1. The number of rotatable bonds is 6. The van der Waals surface area contributed by atoms with Crippen molar-refractivity contribution in [2.75, 3.05) is 6.61 Å². The SMILES string of the molecule is CCOc1ccc2ccccc2c1C(=O)NCc1ccccc1-c1ccsc1. The van der Waals surface area contributed by atoms with Crippen LogP contribution < -0.4 is 10.1 Å². The predicted molar refractivity (Wildman–Crippen MR) is 116 cm³/mol. The van der Waals surface area contributed by atoms with Gasteiger partial charge >= 0.3 is 0 Å². The van der Waals surface area contributed by atoms with Crippen molar-refractivity contribution in [3.05, 3.63) is 88.6 Å². The average Bonchev–Trinajstić information content (AvgIpc) is 3.27. The first kappa shape index (κ1) is 18.3. The molecule has 0 aliphatic heterocycles. The molecular weight excluding hydrogens is 366 g/mol. The maximum Gasteiger partial charge on any atom is 0.255 e. The van der Waals surface area contributed by atoms with Crippen LogP contribution in [0.1, 0.15) is 22.8 Å². The molecule has 4 heteroatoms. The van der Waals surface area contributed by atoms with Gasteiger partial charge in [0.2, 0.25) is 0 Å². The molecule has 4 rings (SSSR count). The van der Waals surface area contributed by atoms with E-state index < -0.39 is 0 Å². The van der Waals surface area contributed by atoms with Gasteiger partial charge in [-0.15, -0.1) is 0 Å². The fourth-order valence-corrected chi connectivity index (χ4v) is 4.06. The molecular formula is C24H21NO2S. The van der Waals surface area contributed by atoms with Crippen LogP contribution in [0.25, 0.3) is 21.9 Å². The zero-order valence-corrected chi connectivity index (χ0v) is 16.5. The molecule has 1 amide bonds. The molecule has 0 atom stereocenters. The molecule has 0 fully saturated rings. The van der Waals surface area contributed by atoms with Gasteiger partial charge in [0.25, 0.3) is 5.91 Å². The summed E-state index contributed by atoms with van der Waals surface area (Å²) < 4.78 is 5.74. The minimum atomic E-state index is -0.125. The van der Waals surface area contributed by atoms with Crippen LogP contribution in [0.15, 0.2) is 77.5 Å². The number of hydrogen-bond acceptors (Lipinski definition) is 3. The van der Waals surface area contributed by atoms with E-state index >= 15 is 0 Å². The maximum atomic E-state index is 13.1. The summed E-state index contributed by atoms with van der Waals surface area (Å²) in [7, 11) is 0. The summed E-state index contributed by atoms with van der Waals surface area (Å²) >= 11 is 1.67. The van der Waals surface area contributed by atoms with E-state index in [1.165, 1.54) is 5.56 Å². The van der Waals surface area contributed by atoms with Crippen molar-refractivity contribution in [3.8, 4) is 16.9 Å². The summed E-state index contributed by atoms with van der Waals surface area (Å²) in [6.45, 7) is 2.90. The van der Waals surface area contributed by atoms with Crippen LogP contribution in [0.2, 0.25) is 0 Å². The van der Waals surface area contributed by atoms with Gasteiger partial charge in [-0.1, -0.05) is 54.6 Å². The monoisotopic (exact) mass is 387 g/mol. The molecule has 1 N–H and O–H groups in total. The molecule has 28 heavy (non-hydrogen) atoms. The van der Waals surface area contributed by atoms with Crippen molar-refractivity contribution < 1.29 is 9.53 Å². The molecule has 0 aliphatic carbocycles. The van der Waals surface area contributed by atoms with E-state index in [0.29, 0.717) is 24.5 Å². The maximum absolute atomic E-state index is 13.1. The van der Waals surface area contributed by atoms with Crippen LogP contribution in [0.3, 0.4) is 0 Å². The van der Waals surface area contributed by atoms with Crippen LogP contribution >= 0.6 is 11.3 Å². The van der Waals surface area contributed by atoms with Crippen molar-refractivity contribution in [1.29, 1.82) is 0 Å². The number of amides is 1. The summed E-state index contributed by atoms with van der Waals surface area (Å²) in [5.74, 6) is 0.491. The van der Waals surface area contributed by atoms with Gasteiger partial charge in [0.1, 0.15) is 5.75 Å². The second-order valence-electron chi connectivity index (χ2n) is 6.44. The first-order valence-corrected chi connectivity index (χ1v) is 10.3. The summed E-state index contributed by atoms with van der Waals surface area (Å²) in [6.07, 6.45) is 0. The van der Waals surface area contributed by atoms with Gasteiger partial charge in [0.15, 0.2) is 0 Å². The fraction of sp³-hybridized carbons (Fsp3) is 0.125. The lowest BCUT2D eigenvalue weighted by molar-refractivity contribution is 0.0949. The van der Waals surface area contributed by atoms with Gasteiger partial charge < -0.3 is 10.1 Å². The Labute approximate surface area is 168 Å². The van der Waals surface area contributed by atoms with Crippen LogP contribution in [-0.2, 0) is 6.54 Å². The van der Waals surface area contributed by atoms with Gasteiger partial charge in [-0.3, -0.25) is 4.79 Å². The van der Waals surface area contributed by atoms with Gasteiger partial charge in [0.05, 0.1) is 12.2 Å². The van der Waals surface area contributed by atoms with E-state index in [-0.39, 0.29) is 5.91 Å². The van der Waals surface area contributed by atoms with Crippen molar-refractivity contribution in [2.24, 2.45) is 0 Å². The zero-order valence-electron chi connectivity index (χ0n) is 15.6. The lowest BCUT2D eigenvalue weighted by Crippen LogP contribution is -2.24. The van der Waals surface area contributed by atoms with Crippen LogP contribution in [-0.4, -0.2) is 12.5 Å². The first-order chi connectivity index (χ1) is 13.8. The number of thiophene rings is 1. The third-order valence-corrected chi connectivity index (χ3v) is 5.39. The third kappa shape index (κ3) is 3.64. The van der Waals surface area contributed by atoms with E-state index in [4.69, 9.17) is 4.74 Å². The van der Waals surface area contributed by atoms with E-state index in [1.54, 1.807) is 11.3 Å². The number of carbonyl (C=O) groups is 1. The number of nitrogens with one attached hydrogen (secondary N) is 1. The highest BCUT2D eigenvalue weighted by molar-refractivity contribution is 7.08. The van der Waals surface area contributed by atoms with Crippen molar-refractivity contribution in [2.45, 2.75) is 13.5 Å². The van der Waals surface area contributed by atoms with Crippen molar-refractivity contribution in [3.63, 3.8) is 0 Å². The molecule has 1 heterocycles. The van der Waals surface area contributed by atoms with Crippen LogP contribution in [0, 0.1) is 0 Å². The van der Waals surface area contributed by atoms with Gasteiger partial charge in [-0.05, 0) is 57.3 Å². The Morgan fingerprint density at radius 2 is 1.82 bits per heavy atom. The highest BCUT2D eigenvalue weighted by atomic mass is 32.1. The van der Waals surface area contributed by atoms with Gasteiger partial charge in [-0.25, -0.2) is 0 Å². The quantitative estimate of drug-likeness (QED) is 0.447. The molecule has 3 nitrogen and oxygen atoms in total. The molecule has 0 bridgehead atoms. The summed E-state index contributed by atoms with van der Waals surface area (Å²) in [5.41, 5.74) is 4.00. The Kier molecular flexibility index (Phi) is 5.40. The lowest BCUT2D eigenvalue weighted by atomic mass is 10.0. The van der Waals surface area contributed by atoms with Crippen molar-refractivity contribution in [1.82, 2.24) is 5.32 Å². The van der Waals surface area contributed by atoms with E-state index in [9.17, 15) is 4.79 Å². The Balaban J connectivity index is 1.64. The van der Waals surface area contributed by atoms with Gasteiger partial charge in [0, 0.05) is 6.54 Å². The molecule has 0 spiro atoms. The van der Waals surface area contributed by atoms with Gasteiger partial charge in [-0.2, -0.15) is 11.3 Å². The third-order valence-electron chi connectivity index (χ3n) is 4.71. The average molecular weight is 388 g/mol. The Hall–Kier alpha value is -3.11. The van der Waals surface area contributed by atoms with E-state index in [2.05, 4.69) is 34.3 Å². The zero-order chi connectivity index (χ0) is 19.3. The summed E-state index contributed by atoms with van der Waals surface area (Å²) in [5, 5.41) is 9.20. The predicted octanol–water partition coefficient (Wildman–Crippen LogP) is 5.90. The number of hydrogen-bond donors (Lipinski definition) is 1. The topological polar surface area (TPSA) is 38.3 Å². The molecule has 0 saturated heterocycles. The Morgan fingerprint density at radius 3 is 2.64 bits per heavy atom. The Bertz CT molecular complexity index is 1100.